The zero-order valence-electron chi connectivity index (χ0n) is 15.7. The van der Waals surface area contributed by atoms with Gasteiger partial charge in [-0.3, -0.25) is 4.31 Å². The molecule has 0 atom stereocenters. The maximum atomic E-state index is 13.4. The zero-order valence-corrected chi connectivity index (χ0v) is 18.1. The van der Waals surface area contributed by atoms with Crippen molar-refractivity contribution < 1.29 is 8.42 Å². The molecule has 0 fully saturated rings. The van der Waals surface area contributed by atoms with E-state index in [0.717, 1.165) is 26.7 Å². The second kappa shape index (κ2) is 7.22. The summed E-state index contributed by atoms with van der Waals surface area (Å²) in [5.74, 6) is 0. The van der Waals surface area contributed by atoms with Crippen molar-refractivity contribution in [2.45, 2.75) is 18.7 Å². The number of benzene rings is 3. The van der Waals surface area contributed by atoms with E-state index in [0.29, 0.717) is 10.6 Å². The highest BCUT2D eigenvalue weighted by molar-refractivity contribution is 9.10. The van der Waals surface area contributed by atoms with Crippen molar-refractivity contribution in [3.8, 4) is 0 Å². The molecule has 3 aromatic carbocycles. The van der Waals surface area contributed by atoms with Crippen LogP contribution < -0.4 is 4.31 Å². The predicted octanol–water partition coefficient (Wildman–Crippen LogP) is 5.71. The summed E-state index contributed by atoms with van der Waals surface area (Å²) in [5, 5.41) is 0. The first-order valence-corrected chi connectivity index (χ1v) is 11.3. The fourth-order valence-electron chi connectivity index (χ4n) is 3.42. The molecule has 3 nitrogen and oxygen atoms in total. The highest BCUT2D eigenvalue weighted by Crippen LogP contribution is 2.42. The summed E-state index contributed by atoms with van der Waals surface area (Å²) in [5.41, 5.74) is 5.93. The van der Waals surface area contributed by atoms with Crippen LogP contribution >= 0.6 is 15.9 Å². The standard InChI is InChI=1S/C23H20BrNO2S/c1-16-6-10-18(11-7-16)20-14-15-25(23-21(20)4-3-5-22(23)24)28(26,27)19-12-8-17(2)9-13-19/h3-14H,15H2,1-2H3. The molecule has 5 heteroatoms. The first kappa shape index (κ1) is 19.0. The van der Waals surface area contributed by atoms with E-state index in [9.17, 15) is 8.42 Å². The van der Waals surface area contributed by atoms with E-state index in [2.05, 4.69) is 47.1 Å². The summed E-state index contributed by atoms with van der Waals surface area (Å²) in [4.78, 5) is 0.298. The van der Waals surface area contributed by atoms with Crippen LogP contribution in [0.1, 0.15) is 22.3 Å². The summed E-state index contributed by atoms with van der Waals surface area (Å²) >= 11 is 3.58. The molecule has 0 radical (unpaired) electrons. The maximum absolute atomic E-state index is 13.4. The van der Waals surface area contributed by atoms with Gasteiger partial charge in [0.05, 0.1) is 17.1 Å². The molecule has 1 aliphatic rings. The quantitative estimate of drug-likeness (QED) is 0.509. The normalized spacial score (nSPS) is 13.8. The van der Waals surface area contributed by atoms with Gasteiger partial charge in [-0.05, 0) is 59.1 Å². The van der Waals surface area contributed by atoms with Crippen LogP contribution in [0.4, 0.5) is 5.69 Å². The second-order valence-electron chi connectivity index (χ2n) is 6.97. The number of hydrogen-bond acceptors (Lipinski definition) is 2. The van der Waals surface area contributed by atoms with Crippen molar-refractivity contribution in [3.63, 3.8) is 0 Å². The van der Waals surface area contributed by atoms with Crippen molar-refractivity contribution in [3.05, 3.63) is 99.5 Å². The van der Waals surface area contributed by atoms with Gasteiger partial charge in [-0.15, -0.1) is 0 Å². The van der Waals surface area contributed by atoms with Crippen molar-refractivity contribution in [1.29, 1.82) is 0 Å². The van der Waals surface area contributed by atoms with Gasteiger partial charge in [0.25, 0.3) is 10.0 Å². The third-order valence-electron chi connectivity index (χ3n) is 4.96. The highest BCUT2D eigenvalue weighted by Gasteiger charge is 2.31. The average molecular weight is 454 g/mol. The lowest BCUT2D eigenvalue weighted by atomic mass is 9.93. The SMILES string of the molecule is Cc1ccc(C2=CCN(S(=O)(=O)c3ccc(C)cc3)c3c(Br)cccc32)cc1. The third-order valence-corrected chi connectivity index (χ3v) is 7.38. The van der Waals surface area contributed by atoms with Gasteiger partial charge in [0.15, 0.2) is 0 Å². The molecule has 0 N–H and O–H groups in total. The third kappa shape index (κ3) is 3.29. The molecule has 0 aromatic heterocycles. The number of fused-ring (bicyclic) bond motifs is 1. The van der Waals surface area contributed by atoms with E-state index >= 15 is 0 Å². The molecule has 0 bridgehead atoms. The zero-order chi connectivity index (χ0) is 19.9. The van der Waals surface area contributed by atoms with Gasteiger partial charge in [0.2, 0.25) is 0 Å². The Morgan fingerprint density at radius 3 is 2.11 bits per heavy atom. The topological polar surface area (TPSA) is 37.4 Å². The van der Waals surface area contributed by atoms with E-state index in [1.54, 1.807) is 12.1 Å². The number of aryl methyl sites for hydroxylation is 2. The Bertz CT molecular complexity index is 1160. The lowest BCUT2D eigenvalue weighted by Crippen LogP contribution is -2.34. The fraction of sp³-hybridized carbons (Fsp3) is 0.130. The summed E-state index contributed by atoms with van der Waals surface area (Å²) in [7, 11) is -3.67. The van der Waals surface area contributed by atoms with E-state index in [1.165, 1.54) is 9.87 Å². The molecule has 0 amide bonds. The monoisotopic (exact) mass is 453 g/mol. The van der Waals surface area contributed by atoms with Crippen LogP contribution in [0.15, 0.2) is 82.2 Å². The molecule has 0 unspecified atom stereocenters. The molecular formula is C23H20BrNO2S. The van der Waals surface area contributed by atoms with E-state index < -0.39 is 10.0 Å². The van der Waals surface area contributed by atoms with Gasteiger partial charge in [0, 0.05) is 10.0 Å². The highest BCUT2D eigenvalue weighted by atomic mass is 79.9. The van der Waals surface area contributed by atoms with Gasteiger partial charge in [-0.2, -0.15) is 0 Å². The molecule has 0 spiro atoms. The van der Waals surface area contributed by atoms with Crippen LogP contribution in [-0.4, -0.2) is 15.0 Å². The predicted molar refractivity (Wildman–Crippen MR) is 118 cm³/mol. The van der Waals surface area contributed by atoms with Crippen LogP contribution in [0.2, 0.25) is 0 Å². The Labute approximate surface area is 174 Å². The Hall–Kier alpha value is -2.37. The van der Waals surface area contributed by atoms with E-state index in [1.807, 2.05) is 43.3 Å². The summed E-state index contributed by atoms with van der Waals surface area (Å²) in [6, 6.07) is 21.1. The van der Waals surface area contributed by atoms with Crippen molar-refractivity contribution in [2.75, 3.05) is 10.8 Å². The Morgan fingerprint density at radius 1 is 0.857 bits per heavy atom. The largest absolute Gasteiger partial charge is 0.264 e. The Balaban J connectivity index is 1.85. The summed E-state index contributed by atoms with van der Waals surface area (Å²) < 4.78 is 29.0. The Kier molecular flexibility index (Phi) is 4.89. The minimum Gasteiger partial charge on any atom is -0.261 e. The van der Waals surface area contributed by atoms with Crippen molar-refractivity contribution >= 4 is 37.2 Å². The number of nitrogens with zero attached hydrogens (tertiary/aromatic N) is 1. The first-order chi connectivity index (χ1) is 13.4. The van der Waals surface area contributed by atoms with Crippen LogP contribution in [0.3, 0.4) is 0 Å². The minimum atomic E-state index is -3.67. The van der Waals surface area contributed by atoms with Crippen molar-refractivity contribution in [1.82, 2.24) is 0 Å². The molecule has 1 heterocycles. The van der Waals surface area contributed by atoms with Crippen molar-refractivity contribution in [2.24, 2.45) is 0 Å². The smallest absolute Gasteiger partial charge is 0.261 e. The fourth-order valence-corrected chi connectivity index (χ4v) is 5.56. The average Bonchev–Trinajstić information content (AvgIpc) is 2.68. The van der Waals surface area contributed by atoms with Crippen LogP contribution in [0.25, 0.3) is 5.57 Å². The number of sulfonamides is 1. The molecular weight excluding hydrogens is 434 g/mol. The first-order valence-electron chi connectivity index (χ1n) is 9.03. The van der Waals surface area contributed by atoms with Crippen LogP contribution in [-0.2, 0) is 10.0 Å². The molecule has 0 saturated heterocycles. The number of halogens is 1. The molecule has 1 aliphatic heterocycles. The molecule has 28 heavy (non-hydrogen) atoms. The van der Waals surface area contributed by atoms with Gasteiger partial charge < -0.3 is 0 Å². The molecule has 3 aromatic rings. The molecule has 0 aliphatic carbocycles. The van der Waals surface area contributed by atoms with Gasteiger partial charge in [0.1, 0.15) is 0 Å². The lowest BCUT2D eigenvalue weighted by molar-refractivity contribution is 0.592. The van der Waals surface area contributed by atoms with E-state index in [-0.39, 0.29) is 6.54 Å². The molecule has 0 saturated carbocycles. The number of anilines is 1. The number of rotatable bonds is 3. The van der Waals surface area contributed by atoms with Gasteiger partial charge in [-0.25, -0.2) is 8.42 Å². The maximum Gasteiger partial charge on any atom is 0.264 e. The lowest BCUT2D eigenvalue weighted by Gasteiger charge is -2.31. The van der Waals surface area contributed by atoms with Gasteiger partial charge in [-0.1, -0.05) is 65.7 Å². The van der Waals surface area contributed by atoms with Crippen LogP contribution in [0.5, 0.6) is 0 Å². The second-order valence-corrected chi connectivity index (χ2v) is 9.69. The van der Waals surface area contributed by atoms with Crippen LogP contribution in [0, 0.1) is 13.8 Å². The van der Waals surface area contributed by atoms with E-state index in [4.69, 9.17) is 0 Å². The number of para-hydroxylation sites is 1. The minimum absolute atomic E-state index is 0.287. The molecule has 142 valence electrons. The summed E-state index contributed by atoms with van der Waals surface area (Å²) in [6.07, 6.45) is 1.99. The van der Waals surface area contributed by atoms with Gasteiger partial charge >= 0.3 is 0 Å². The number of hydrogen-bond donors (Lipinski definition) is 0. The molecule has 4 rings (SSSR count). The summed E-state index contributed by atoms with van der Waals surface area (Å²) in [6.45, 7) is 4.29. The Morgan fingerprint density at radius 2 is 1.46 bits per heavy atom.